The second kappa shape index (κ2) is 6.27. The molecule has 2 amide bonds. The largest absolute Gasteiger partial charge is 0.346 e. The summed E-state index contributed by atoms with van der Waals surface area (Å²) in [5, 5.41) is 8.31. The van der Waals surface area contributed by atoms with Crippen LogP contribution < -0.4 is 16.0 Å². The molecule has 2 aliphatic rings. The number of quaternary nitrogens is 1. The van der Waals surface area contributed by atoms with E-state index in [4.69, 9.17) is 0 Å². The first-order valence-corrected chi connectivity index (χ1v) is 7.79. The highest BCUT2D eigenvalue weighted by atomic mass is 16.2. The molecule has 0 aromatic heterocycles. The maximum Gasteiger partial charge on any atom is 0.319 e. The number of anilines is 1. The van der Waals surface area contributed by atoms with Crippen molar-refractivity contribution in [3.8, 4) is 0 Å². The van der Waals surface area contributed by atoms with Crippen LogP contribution in [0.3, 0.4) is 0 Å². The van der Waals surface area contributed by atoms with E-state index in [-0.39, 0.29) is 6.03 Å². The number of benzene rings is 1. The van der Waals surface area contributed by atoms with Gasteiger partial charge in [-0.2, -0.15) is 0 Å². The fourth-order valence-electron chi connectivity index (χ4n) is 3.26. The predicted molar refractivity (Wildman–Crippen MR) is 79.9 cm³/mol. The molecule has 4 nitrogen and oxygen atoms in total. The fraction of sp³-hybridized carbons (Fsp3) is 0.562. The summed E-state index contributed by atoms with van der Waals surface area (Å²) < 4.78 is 0. The maximum atomic E-state index is 11.9. The van der Waals surface area contributed by atoms with Crippen molar-refractivity contribution in [3.05, 3.63) is 29.3 Å². The van der Waals surface area contributed by atoms with Gasteiger partial charge in [0, 0.05) is 25.1 Å². The summed E-state index contributed by atoms with van der Waals surface area (Å²) in [6.45, 7) is 3.18. The number of amides is 2. The Kier molecular flexibility index (Phi) is 4.21. The predicted octanol–water partition coefficient (Wildman–Crippen LogP) is 1.27. The third kappa shape index (κ3) is 3.31. The molecule has 4 N–H and O–H groups in total. The van der Waals surface area contributed by atoms with Gasteiger partial charge in [-0.1, -0.05) is 6.07 Å². The Balaban J connectivity index is 1.48. The van der Waals surface area contributed by atoms with Crippen LogP contribution >= 0.6 is 0 Å². The van der Waals surface area contributed by atoms with E-state index >= 15 is 0 Å². The second-order valence-corrected chi connectivity index (χ2v) is 5.98. The van der Waals surface area contributed by atoms with Crippen LogP contribution in [-0.2, 0) is 12.8 Å². The van der Waals surface area contributed by atoms with Crippen LogP contribution in [0.1, 0.15) is 30.4 Å². The van der Waals surface area contributed by atoms with E-state index in [9.17, 15) is 4.79 Å². The van der Waals surface area contributed by atoms with Crippen LogP contribution in [0, 0.1) is 5.92 Å². The Morgan fingerprint density at radius 1 is 1.20 bits per heavy atom. The lowest BCUT2D eigenvalue weighted by molar-refractivity contribution is -0.664. The molecular formula is C16H24N3O+. The van der Waals surface area contributed by atoms with E-state index in [1.807, 2.05) is 6.07 Å². The average molecular weight is 274 g/mol. The van der Waals surface area contributed by atoms with Gasteiger partial charge in [0.15, 0.2) is 0 Å². The SMILES string of the molecule is O=C(NCC1CC[NH2+]CC1)Nc1ccc2c(c1)CCC2. The smallest absolute Gasteiger partial charge is 0.319 e. The molecule has 0 atom stereocenters. The van der Waals surface area contributed by atoms with Crippen LogP contribution in [0.15, 0.2) is 18.2 Å². The quantitative estimate of drug-likeness (QED) is 0.764. The molecule has 1 aromatic carbocycles. The Morgan fingerprint density at radius 3 is 2.85 bits per heavy atom. The van der Waals surface area contributed by atoms with Crippen LogP contribution in [0.2, 0.25) is 0 Å². The maximum absolute atomic E-state index is 11.9. The number of fused-ring (bicyclic) bond motifs is 1. The van der Waals surface area contributed by atoms with Crippen LogP contribution in [-0.4, -0.2) is 25.7 Å². The topological polar surface area (TPSA) is 57.7 Å². The first-order valence-electron chi connectivity index (χ1n) is 7.79. The number of carbonyl (C=O) groups is 1. The number of hydrogen-bond acceptors (Lipinski definition) is 1. The van der Waals surface area contributed by atoms with E-state index in [0.717, 1.165) is 18.7 Å². The Bertz CT molecular complexity index is 481. The number of rotatable bonds is 3. The highest BCUT2D eigenvalue weighted by molar-refractivity contribution is 5.89. The Morgan fingerprint density at radius 2 is 2.00 bits per heavy atom. The number of carbonyl (C=O) groups excluding carboxylic acids is 1. The molecule has 0 unspecified atom stereocenters. The van der Waals surface area contributed by atoms with Gasteiger partial charge in [-0.15, -0.1) is 0 Å². The number of urea groups is 1. The van der Waals surface area contributed by atoms with Crippen LogP contribution in [0.4, 0.5) is 10.5 Å². The standard InChI is InChI=1S/C16H23N3O/c20-16(18-11-12-6-8-17-9-7-12)19-15-5-4-13-2-1-3-14(13)10-15/h4-5,10,12,17H,1-3,6-9,11H2,(H2,18,19,20)/p+1. The molecule has 4 heteroatoms. The number of aryl methyl sites for hydroxylation is 2. The van der Waals surface area contributed by atoms with Gasteiger partial charge in [0.05, 0.1) is 13.1 Å². The third-order valence-electron chi connectivity index (χ3n) is 4.47. The molecule has 3 rings (SSSR count). The summed E-state index contributed by atoms with van der Waals surface area (Å²) in [5.41, 5.74) is 3.75. The van der Waals surface area contributed by atoms with Gasteiger partial charge >= 0.3 is 6.03 Å². The van der Waals surface area contributed by atoms with Crippen molar-refractivity contribution in [2.45, 2.75) is 32.1 Å². The Hall–Kier alpha value is -1.55. The zero-order chi connectivity index (χ0) is 13.8. The zero-order valence-electron chi connectivity index (χ0n) is 12.0. The van der Waals surface area contributed by atoms with Crippen LogP contribution in [0.25, 0.3) is 0 Å². The summed E-state index contributed by atoms with van der Waals surface area (Å²) in [6.07, 6.45) is 5.98. The minimum Gasteiger partial charge on any atom is -0.346 e. The Labute approximate surface area is 120 Å². The summed E-state index contributed by atoms with van der Waals surface area (Å²) in [6, 6.07) is 6.21. The van der Waals surface area contributed by atoms with Crippen molar-refractivity contribution < 1.29 is 10.1 Å². The summed E-state index contributed by atoms with van der Waals surface area (Å²) in [7, 11) is 0. The number of piperidine rings is 1. The van der Waals surface area contributed by atoms with Crippen molar-refractivity contribution in [1.82, 2.24) is 5.32 Å². The van der Waals surface area contributed by atoms with Gasteiger partial charge in [0.25, 0.3) is 0 Å². The summed E-state index contributed by atoms with van der Waals surface area (Å²) >= 11 is 0. The highest BCUT2D eigenvalue weighted by Gasteiger charge is 2.16. The van der Waals surface area contributed by atoms with Crippen LogP contribution in [0.5, 0.6) is 0 Å². The number of hydrogen-bond donors (Lipinski definition) is 3. The fourth-order valence-corrected chi connectivity index (χ4v) is 3.26. The molecule has 108 valence electrons. The minimum absolute atomic E-state index is 0.0718. The van der Waals surface area contributed by atoms with Crippen molar-refractivity contribution in [3.63, 3.8) is 0 Å². The van der Waals surface area contributed by atoms with E-state index in [1.165, 1.54) is 49.9 Å². The lowest BCUT2D eigenvalue weighted by atomic mass is 9.98. The second-order valence-electron chi connectivity index (χ2n) is 5.98. The molecule has 20 heavy (non-hydrogen) atoms. The van der Waals surface area contributed by atoms with E-state index < -0.39 is 0 Å². The summed E-state index contributed by atoms with van der Waals surface area (Å²) in [4.78, 5) is 11.9. The number of nitrogens with two attached hydrogens (primary N) is 1. The highest BCUT2D eigenvalue weighted by Crippen LogP contribution is 2.24. The van der Waals surface area contributed by atoms with E-state index in [1.54, 1.807) is 0 Å². The first kappa shape index (κ1) is 13.4. The average Bonchev–Trinajstić information content (AvgIpc) is 2.94. The van der Waals surface area contributed by atoms with Gasteiger partial charge in [0.1, 0.15) is 0 Å². The molecule has 1 fully saturated rings. The van der Waals surface area contributed by atoms with E-state index in [0.29, 0.717) is 5.92 Å². The van der Waals surface area contributed by atoms with Crippen molar-refractivity contribution in [1.29, 1.82) is 0 Å². The molecule has 0 bridgehead atoms. The molecular weight excluding hydrogens is 250 g/mol. The third-order valence-corrected chi connectivity index (χ3v) is 4.47. The molecule has 1 aromatic rings. The van der Waals surface area contributed by atoms with Gasteiger partial charge in [-0.3, -0.25) is 0 Å². The minimum atomic E-state index is -0.0718. The van der Waals surface area contributed by atoms with Gasteiger partial charge in [-0.05, 0) is 48.4 Å². The summed E-state index contributed by atoms with van der Waals surface area (Å²) in [5.74, 6) is 0.644. The molecule has 0 spiro atoms. The zero-order valence-corrected chi connectivity index (χ0v) is 12.0. The van der Waals surface area contributed by atoms with Crippen molar-refractivity contribution in [2.75, 3.05) is 25.0 Å². The molecule has 0 radical (unpaired) electrons. The lowest BCUT2D eigenvalue weighted by Gasteiger charge is -2.20. The monoisotopic (exact) mass is 274 g/mol. The normalized spacial score (nSPS) is 18.6. The molecule has 1 aliphatic heterocycles. The number of nitrogens with one attached hydrogen (secondary N) is 2. The lowest BCUT2D eigenvalue weighted by Crippen LogP contribution is -2.86. The first-order chi connectivity index (χ1) is 9.81. The van der Waals surface area contributed by atoms with Gasteiger partial charge in [0.2, 0.25) is 0 Å². The van der Waals surface area contributed by atoms with Crippen molar-refractivity contribution >= 4 is 11.7 Å². The molecule has 1 heterocycles. The molecule has 1 aliphatic carbocycles. The molecule has 0 saturated carbocycles. The van der Waals surface area contributed by atoms with E-state index in [2.05, 4.69) is 28.1 Å². The van der Waals surface area contributed by atoms with Crippen molar-refractivity contribution in [2.24, 2.45) is 5.92 Å². The molecule has 1 saturated heterocycles. The van der Waals surface area contributed by atoms with Gasteiger partial charge < -0.3 is 16.0 Å². The van der Waals surface area contributed by atoms with Gasteiger partial charge in [-0.25, -0.2) is 4.79 Å².